The minimum absolute atomic E-state index is 0.0708. The number of rotatable bonds is 4. The first kappa shape index (κ1) is 13.7. The van der Waals surface area contributed by atoms with Gasteiger partial charge in [-0.3, -0.25) is 14.8 Å². The highest BCUT2D eigenvalue weighted by molar-refractivity contribution is 7.93. The molecular weight excluding hydrogens is 318 g/mol. The SMILES string of the molecule is Cn1cnc(S(=O)(=O)Nc2ncc([N+](=O)[O-])s2)c1Cl. The van der Waals surface area contributed by atoms with Gasteiger partial charge in [-0.2, -0.15) is 8.42 Å². The van der Waals surface area contributed by atoms with Gasteiger partial charge < -0.3 is 4.57 Å². The van der Waals surface area contributed by atoms with Crippen molar-refractivity contribution >= 4 is 43.1 Å². The minimum atomic E-state index is -4.02. The van der Waals surface area contributed by atoms with Crippen LogP contribution in [0.3, 0.4) is 0 Å². The standard InChI is InChI=1S/C7H6ClN5O4S2/c1-12-3-10-6(5(12)8)19(16,17)11-7-9-2-4(18-7)13(14)15/h2-3H,1H3,(H,9,11). The Bertz CT molecular complexity index is 737. The van der Waals surface area contributed by atoms with Crippen molar-refractivity contribution in [3.05, 3.63) is 27.8 Å². The molecule has 102 valence electrons. The van der Waals surface area contributed by atoms with E-state index in [1.165, 1.54) is 17.9 Å². The summed E-state index contributed by atoms with van der Waals surface area (Å²) in [6, 6.07) is 0. The first-order chi connectivity index (χ1) is 8.81. The smallest absolute Gasteiger partial charge is 0.324 e. The second-order valence-electron chi connectivity index (χ2n) is 3.32. The summed E-state index contributed by atoms with van der Waals surface area (Å²) in [5, 5.41) is 9.63. The third-order valence-corrected chi connectivity index (χ3v) is 4.81. The molecule has 2 heterocycles. The summed E-state index contributed by atoms with van der Waals surface area (Å²) in [5.74, 6) is 0. The summed E-state index contributed by atoms with van der Waals surface area (Å²) in [7, 11) is -2.49. The molecule has 0 bridgehead atoms. The zero-order valence-corrected chi connectivity index (χ0v) is 11.7. The molecule has 1 N–H and O–H groups in total. The molecule has 0 aliphatic rings. The van der Waals surface area contributed by atoms with E-state index in [2.05, 4.69) is 14.7 Å². The Morgan fingerprint density at radius 1 is 1.53 bits per heavy atom. The van der Waals surface area contributed by atoms with Gasteiger partial charge in [0.1, 0.15) is 11.3 Å². The summed E-state index contributed by atoms with van der Waals surface area (Å²) in [5.41, 5.74) is 0. The number of hydrogen-bond acceptors (Lipinski definition) is 7. The molecule has 0 aromatic carbocycles. The van der Waals surface area contributed by atoms with Crippen LogP contribution >= 0.6 is 22.9 Å². The third kappa shape index (κ3) is 2.67. The van der Waals surface area contributed by atoms with Gasteiger partial charge in [0, 0.05) is 7.05 Å². The van der Waals surface area contributed by atoms with Crippen molar-refractivity contribution in [2.45, 2.75) is 5.03 Å². The van der Waals surface area contributed by atoms with Gasteiger partial charge in [-0.1, -0.05) is 11.6 Å². The zero-order valence-electron chi connectivity index (χ0n) is 9.27. The number of aryl methyl sites for hydroxylation is 1. The average molecular weight is 324 g/mol. The van der Waals surface area contributed by atoms with E-state index >= 15 is 0 Å². The highest BCUT2D eigenvalue weighted by atomic mass is 35.5. The third-order valence-electron chi connectivity index (χ3n) is 1.98. The van der Waals surface area contributed by atoms with Crippen LogP contribution in [0.15, 0.2) is 17.6 Å². The summed E-state index contributed by atoms with van der Waals surface area (Å²) in [6.45, 7) is 0. The highest BCUT2D eigenvalue weighted by Gasteiger charge is 2.24. The number of imidazole rings is 1. The van der Waals surface area contributed by atoms with Crippen LogP contribution in [-0.4, -0.2) is 27.9 Å². The van der Waals surface area contributed by atoms with E-state index in [9.17, 15) is 18.5 Å². The van der Waals surface area contributed by atoms with Gasteiger partial charge in [0.25, 0.3) is 10.0 Å². The van der Waals surface area contributed by atoms with E-state index in [-0.39, 0.29) is 20.3 Å². The molecule has 12 heteroatoms. The van der Waals surface area contributed by atoms with E-state index in [4.69, 9.17) is 11.6 Å². The molecule has 0 radical (unpaired) electrons. The Balaban J connectivity index is 2.31. The molecule has 2 aromatic rings. The molecule has 0 amide bonds. The summed E-state index contributed by atoms with van der Waals surface area (Å²) >= 11 is 6.37. The quantitative estimate of drug-likeness (QED) is 0.667. The summed E-state index contributed by atoms with van der Waals surface area (Å²) in [6.07, 6.45) is 2.20. The van der Waals surface area contributed by atoms with Crippen molar-refractivity contribution in [3.63, 3.8) is 0 Å². The van der Waals surface area contributed by atoms with Gasteiger partial charge in [0.05, 0.1) is 11.3 Å². The number of halogens is 1. The zero-order chi connectivity index (χ0) is 14.2. The molecule has 0 saturated heterocycles. The second-order valence-corrected chi connectivity index (χ2v) is 6.28. The Hall–Kier alpha value is -1.72. The maximum atomic E-state index is 11.9. The van der Waals surface area contributed by atoms with Crippen LogP contribution < -0.4 is 4.72 Å². The molecule has 0 aliphatic heterocycles. The predicted octanol–water partition coefficient (Wildman–Crippen LogP) is 1.24. The number of thiazole rings is 1. The molecule has 19 heavy (non-hydrogen) atoms. The lowest BCUT2D eigenvalue weighted by Crippen LogP contribution is -2.13. The maximum Gasteiger partial charge on any atom is 0.345 e. The van der Waals surface area contributed by atoms with E-state index < -0.39 is 14.9 Å². The van der Waals surface area contributed by atoms with Gasteiger partial charge >= 0.3 is 5.00 Å². The first-order valence-electron chi connectivity index (χ1n) is 4.61. The van der Waals surface area contributed by atoms with E-state index in [0.29, 0.717) is 11.3 Å². The van der Waals surface area contributed by atoms with Crippen molar-refractivity contribution in [2.24, 2.45) is 7.05 Å². The fourth-order valence-corrected chi connectivity index (χ4v) is 3.44. The van der Waals surface area contributed by atoms with Crippen LogP contribution in [0.1, 0.15) is 0 Å². The Labute approximate surface area is 116 Å². The second kappa shape index (κ2) is 4.75. The molecule has 2 aromatic heterocycles. The van der Waals surface area contributed by atoms with Crippen LogP contribution in [0, 0.1) is 10.1 Å². The number of aromatic nitrogens is 3. The molecule has 0 aliphatic carbocycles. The number of hydrogen-bond donors (Lipinski definition) is 1. The molecule has 0 unspecified atom stereocenters. The fourth-order valence-electron chi connectivity index (χ4n) is 1.13. The summed E-state index contributed by atoms with van der Waals surface area (Å²) in [4.78, 5) is 17.0. The Morgan fingerprint density at radius 3 is 2.68 bits per heavy atom. The fraction of sp³-hybridized carbons (Fsp3) is 0.143. The van der Waals surface area contributed by atoms with Crippen molar-refractivity contribution in [3.8, 4) is 0 Å². The molecule has 2 rings (SSSR count). The minimum Gasteiger partial charge on any atom is -0.324 e. The monoisotopic (exact) mass is 323 g/mol. The van der Waals surface area contributed by atoms with Crippen LogP contribution in [-0.2, 0) is 17.1 Å². The van der Waals surface area contributed by atoms with Gasteiger partial charge in [-0.25, -0.2) is 9.97 Å². The van der Waals surface area contributed by atoms with Gasteiger partial charge in [-0.15, -0.1) is 0 Å². The van der Waals surface area contributed by atoms with E-state index in [0.717, 1.165) is 6.20 Å². The van der Waals surface area contributed by atoms with Crippen LogP contribution in [0.2, 0.25) is 5.15 Å². The average Bonchev–Trinajstić information content (AvgIpc) is 2.87. The summed E-state index contributed by atoms with van der Waals surface area (Å²) < 4.78 is 27.3. The van der Waals surface area contributed by atoms with E-state index in [1.807, 2.05) is 0 Å². The topological polar surface area (TPSA) is 120 Å². The van der Waals surface area contributed by atoms with Crippen molar-refractivity contribution in [1.82, 2.24) is 14.5 Å². The Kier molecular flexibility index (Phi) is 3.43. The predicted molar refractivity (Wildman–Crippen MR) is 67.8 cm³/mol. The molecule has 0 saturated carbocycles. The lowest BCUT2D eigenvalue weighted by molar-refractivity contribution is -0.380. The van der Waals surface area contributed by atoms with E-state index in [1.54, 1.807) is 0 Å². The van der Waals surface area contributed by atoms with Crippen LogP contribution in [0.25, 0.3) is 0 Å². The van der Waals surface area contributed by atoms with Crippen LogP contribution in [0.5, 0.6) is 0 Å². The maximum absolute atomic E-state index is 11.9. The largest absolute Gasteiger partial charge is 0.345 e. The lowest BCUT2D eigenvalue weighted by atomic mass is 10.9. The molecule has 0 atom stereocenters. The van der Waals surface area contributed by atoms with Gasteiger partial charge in [-0.05, 0) is 11.3 Å². The number of anilines is 1. The molecular formula is C7H6ClN5O4S2. The highest BCUT2D eigenvalue weighted by Crippen LogP contribution is 2.28. The number of nitro groups is 1. The molecule has 9 nitrogen and oxygen atoms in total. The number of sulfonamides is 1. The number of nitrogens with one attached hydrogen (secondary N) is 1. The molecule has 0 spiro atoms. The first-order valence-corrected chi connectivity index (χ1v) is 7.29. The van der Waals surface area contributed by atoms with Gasteiger partial charge in [0.15, 0.2) is 0 Å². The normalized spacial score (nSPS) is 11.5. The van der Waals surface area contributed by atoms with Crippen molar-refractivity contribution in [1.29, 1.82) is 0 Å². The number of nitrogens with zero attached hydrogens (tertiary/aromatic N) is 4. The Morgan fingerprint density at radius 2 is 2.21 bits per heavy atom. The molecule has 0 fully saturated rings. The van der Waals surface area contributed by atoms with Crippen LogP contribution in [0.4, 0.5) is 10.1 Å². The van der Waals surface area contributed by atoms with Crippen molar-refractivity contribution < 1.29 is 13.3 Å². The lowest BCUT2D eigenvalue weighted by Gasteiger charge is -2.02. The van der Waals surface area contributed by atoms with Gasteiger partial charge in [0.2, 0.25) is 10.2 Å². The van der Waals surface area contributed by atoms with Crippen molar-refractivity contribution in [2.75, 3.05) is 4.72 Å².